The lowest BCUT2D eigenvalue weighted by Gasteiger charge is -2.22. The van der Waals surface area contributed by atoms with Crippen molar-refractivity contribution in [1.82, 2.24) is 0 Å². The minimum atomic E-state index is -3.26. The number of carbonyl (C=O) groups excluding carboxylic acids is 1. The monoisotopic (exact) mass is 330 g/mol. The first-order valence-electron chi connectivity index (χ1n) is 6.69. The van der Waals surface area contributed by atoms with Gasteiger partial charge in [0.2, 0.25) is 0 Å². The van der Waals surface area contributed by atoms with Crippen LogP contribution in [0.15, 0.2) is 71.5 Å². The molecule has 1 aliphatic rings. The predicted molar refractivity (Wildman–Crippen MR) is 86.6 cm³/mol. The minimum Gasteiger partial charge on any atom is -0.439 e. The molecule has 0 aliphatic carbocycles. The molecule has 112 valence electrons. The summed E-state index contributed by atoms with van der Waals surface area (Å²) in [4.78, 5) is 12.7. The zero-order chi connectivity index (χ0) is 15.8. The van der Waals surface area contributed by atoms with E-state index in [-0.39, 0.29) is 10.5 Å². The number of rotatable bonds is 3. The average Bonchev–Trinajstić information content (AvgIpc) is 2.90. The Morgan fingerprint density at radius 3 is 2.00 bits per heavy atom. The molecule has 0 aromatic heterocycles. The fourth-order valence-corrected chi connectivity index (χ4v) is 6.51. The molecule has 4 nitrogen and oxygen atoms in total. The lowest BCUT2D eigenvalue weighted by molar-refractivity contribution is 0.213. The fraction of sp³-hybridized carbons (Fsp3) is 0.0625. The topological polar surface area (TPSA) is 60.4 Å². The van der Waals surface area contributed by atoms with Crippen LogP contribution >= 0.6 is 0 Å². The molecule has 1 heterocycles. The van der Waals surface area contributed by atoms with Gasteiger partial charge >= 0.3 is 0 Å². The maximum atomic E-state index is 12.4. The van der Waals surface area contributed by atoms with Crippen LogP contribution in [0.4, 0.5) is 4.79 Å². The molecular formula is C16H14O4SSi. The highest BCUT2D eigenvalue weighted by Crippen LogP contribution is 2.18. The van der Waals surface area contributed by atoms with Crippen LogP contribution in [0.25, 0.3) is 0 Å². The van der Waals surface area contributed by atoms with E-state index in [0.29, 0.717) is 0 Å². The van der Waals surface area contributed by atoms with E-state index < -0.39 is 17.9 Å². The molecule has 6 heteroatoms. The van der Waals surface area contributed by atoms with Crippen LogP contribution < -0.4 is 10.4 Å². The van der Waals surface area contributed by atoms with Gasteiger partial charge in [-0.3, -0.25) is 4.79 Å². The molecule has 22 heavy (non-hydrogen) atoms. The third kappa shape index (κ3) is 2.30. The summed E-state index contributed by atoms with van der Waals surface area (Å²) in [6.07, 6.45) is 2.60. The molecular weight excluding hydrogens is 316 g/mol. The first-order chi connectivity index (χ1) is 10.4. The van der Waals surface area contributed by atoms with E-state index in [1.54, 1.807) is 24.3 Å². The van der Waals surface area contributed by atoms with Gasteiger partial charge in [0.25, 0.3) is 13.7 Å². The Kier molecular flexibility index (Phi) is 3.50. The van der Waals surface area contributed by atoms with Gasteiger partial charge in [-0.1, -0.05) is 42.5 Å². The van der Waals surface area contributed by atoms with Crippen molar-refractivity contribution >= 4 is 33.9 Å². The van der Waals surface area contributed by atoms with Crippen LogP contribution in [-0.2, 0) is 14.6 Å². The zero-order valence-electron chi connectivity index (χ0n) is 11.9. The molecule has 0 N–H and O–H groups in total. The molecule has 0 bridgehead atoms. The molecule has 0 saturated heterocycles. The Balaban J connectivity index is 2.17. The number of carbonyl (C=O) groups is 1. The molecule has 0 fully saturated rings. The van der Waals surface area contributed by atoms with Gasteiger partial charge in [0.1, 0.15) is 0 Å². The molecule has 0 spiro atoms. The zero-order valence-corrected chi connectivity index (χ0v) is 13.7. The van der Waals surface area contributed by atoms with Crippen LogP contribution in [0, 0.1) is 0 Å². The van der Waals surface area contributed by atoms with Crippen molar-refractivity contribution < 1.29 is 17.9 Å². The Hall–Kier alpha value is -2.18. The van der Waals surface area contributed by atoms with Gasteiger partial charge in [-0.15, -0.1) is 0 Å². The second-order valence-electron chi connectivity index (χ2n) is 5.18. The summed E-state index contributed by atoms with van der Waals surface area (Å²) in [5, 5.41) is 1.73. The van der Waals surface area contributed by atoms with Gasteiger partial charge in [0.15, 0.2) is 9.84 Å². The molecule has 1 unspecified atom stereocenters. The van der Waals surface area contributed by atoms with E-state index in [2.05, 4.69) is 0 Å². The van der Waals surface area contributed by atoms with Crippen molar-refractivity contribution in [2.45, 2.75) is 4.90 Å². The third-order valence-corrected chi connectivity index (χ3v) is 8.80. The van der Waals surface area contributed by atoms with Gasteiger partial charge < -0.3 is 4.74 Å². The van der Waals surface area contributed by atoms with Crippen LogP contribution in [0.5, 0.6) is 0 Å². The van der Waals surface area contributed by atoms with Crippen LogP contribution in [0.1, 0.15) is 0 Å². The molecule has 2 aromatic rings. The van der Waals surface area contributed by atoms with Crippen LogP contribution in [-0.4, -0.2) is 28.3 Å². The molecule has 0 radical (unpaired) electrons. The van der Waals surface area contributed by atoms with Gasteiger partial charge in [0.05, 0.1) is 11.2 Å². The second-order valence-corrected chi connectivity index (χ2v) is 10.7. The van der Waals surface area contributed by atoms with Gasteiger partial charge in [-0.05, 0) is 28.2 Å². The van der Waals surface area contributed by atoms with Crippen molar-refractivity contribution in [3.63, 3.8) is 0 Å². The summed E-state index contributed by atoms with van der Waals surface area (Å²) in [7, 11) is -6.07. The van der Waals surface area contributed by atoms with Crippen LogP contribution in [0.2, 0.25) is 0 Å². The molecule has 2 aromatic carbocycles. The Labute approximate surface area is 130 Å². The van der Waals surface area contributed by atoms with E-state index in [1.807, 2.05) is 36.0 Å². The van der Waals surface area contributed by atoms with E-state index in [9.17, 15) is 13.2 Å². The van der Waals surface area contributed by atoms with Crippen molar-refractivity contribution in [2.75, 3.05) is 6.26 Å². The molecule has 3 rings (SSSR count). The summed E-state index contributed by atoms with van der Waals surface area (Å²) < 4.78 is 28.3. The number of ether oxygens (including phenoxy) is 1. The lowest BCUT2D eigenvalue weighted by atomic mass is 10.4. The van der Waals surface area contributed by atoms with E-state index in [0.717, 1.165) is 16.6 Å². The summed E-state index contributed by atoms with van der Waals surface area (Å²) in [6.45, 7) is 0. The van der Waals surface area contributed by atoms with Gasteiger partial charge in [-0.25, -0.2) is 8.42 Å². The SMILES string of the molecule is CS(=O)(=O)c1ccc([Si]2(c3ccccc3)C=COC2=O)cc1. The molecule has 1 aliphatic heterocycles. The Morgan fingerprint density at radius 2 is 1.50 bits per heavy atom. The highest BCUT2D eigenvalue weighted by molar-refractivity contribution is 7.90. The summed E-state index contributed by atoms with van der Waals surface area (Å²) in [6, 6.07) is 16.0. The molecule has 0 saturated carbocycles. The van der Waals surface area contributed by atoms with Crippen LogP contribution in [0.3, 0.4) is 0 Å². The molecule has 1 atom stereocenters. The minimum absolute atomic E-state index is 0.240. The number of hydrogen-bond donors (Lipinski definition) is 0. The van der Waals surface area contributed by atoms with Crippen molar-refractivity contribution in [3.8, 4) is 0 Å². The fourth-order valence-electron chi connectivity index (χ4n) is 2.62. The number of hydrogen-bond acceptors (Lipinski definition) is 4. The Bertz CT molecular complexity index is 841. The quantitative estimate of drug-likeness (QED) is 0.799. The molecule has 0 amide bonds. The van der Waals surface area contributed by atoms with Crippen molar-refractivity contribution in [1.29, 1.82) is 0 Å². The smallest absolute Gasteiger partial charge is 0.291 e. The summed E-state index contributed by atoms with van der Waals surface area (Å²) in [5.74, 6) is 0. The largest absolute Gasteiger partial charge is 0.439 e. The normalized spacial score (nSPS) is 20.9. The van der Waals surface area contributed by atoms with Gasteiger partial charge in [0, 0.05) is 6.26 Å². The maximum absolute atomic E-state index is 12.4. The van der Waals surface area contributed by atoms with E-state index >= 15 is 0 Å². The highest BCUT2D eigenvalue weighted by atomic mass is 32.2. The lowest BCUT2D eigenvalue weighted by Crippen LogP contribution is -2.61. The van der Waals surface area contributed by atoms with Crippen molar-refractivity contribution in [2.24, 2.45) is 0 Å². The Morgan fingerprint density at radius 1 is 0.909 bits per heavy atom. The maximum Gasteiger partial charge on any atom is 0.291 e. The predicted octanol–water partition coefficient (Wildman–Crippen LogP) is 1.44. The first-order valence-corrected chi connectivity index (χ1v) is 10.7. The first kappa shape index (κ1) is 14.7. The van der Waals surface area contributed by atoms with E-state index in [1.165, 1.54) is 6.26 Å². The standard InChI is InChI=1S/C16H14O4SSi/c1-21(18,19)13-7-9-15(10-8-13)22(12-11-20-16(22)17)14-5-3-2-4-6-14/h2-12H,1H3. The number of sulfone groups is 1. The summed E-state index contributed by atoms with van der Waals surface area (Å²) >= 11 is 0. The van der Waals surface area contributed by atoms with Crippen molar-refractivity contribution in [3.05, 3.63) is 66.6 Å². The number of cyclic esters (lactones) is 1. The second kappa shape index (κ2) is 5.22. The number of benzene rings is 2. The van der Waals surface area contributed by atoms with Gasteiger partial charge in [-0.2, -0.15) is 0 Å². The van der Waals surface area contributed by atoms with E-state index in [4.69, 9.17) is 4.74 Å². The summed E-state index contributed by atoms with van der Waals surface area (Å²) in [5.41, 5.74) is 1.57. The average molecular weight is 330 g/mol. The highest BCUT2D eigenvalue weighted by Gasteiger charge is 2.48. The third-order valence-electron chi connectivity index (χ3n) is 3.78.